The first-order valence-corrected chi connectivity index (χ1v) is 7.47. The van der Waals surface area contributed by atoms with Crippen molar-refractivity contribution in [1.82, 2.24) is 10.3 Å². The van der Waals surface area contributed by atoms with E-state index in [1.54, 1.807) is 6.20 Å². The molecule has 112 valence electrons. The molecule has 5 heteroatoms. The summed E-state index contributed by atoms with van der Waals surface area (Å²) in [6, 6.07) is 5.36. The summed E-state index contributed by atoms with van der Waals surface area (Å²) in [5.74, 6) is -0.242. The highest BCUT2D eigenvalue weighted by atomic mass is 16.2. The quantitative estimate of drug-likeness (QED) is 0.876. The van der Waals surface area contributed by atoms with Crippen molar-refractivity contribution in [3.63, 3.8) is 0 Å². The minimum Gasteiger partial charge on any atom is -0.340 e. The van der Waals surface area contributed by atoms with Crippen molar-refractivity contribution in [3.8, 4) is 6.07 Å². The van der Waals surface area contributed by atoms with Crippen LogP contribution >= 0.6 is 0 Å². The number of nitriles is 1. The number of aromatic nitrogens is 1. The molecule has 0 aromatic carbocycles. The highest BCUT2D eigenvalue weighted by molar-refractivity contribution is 5.80. The van der Waals surface area contributed by atoms with Gasteiger partial charge in [0, 0.05) is 24.4 Å². The second-order valence-electron chi connectivity index (χ2n) is 5.75. The van der Waals surface area contributed by atoms with Gasteiger partial charge in [0.15, 0.2) is 0 Å². The molecule has 0 aliphatic heterocycles. The smallest absolute Gasteiger partial charge is 0.225 e. The zero-order valence-electron chi connectivity index (χ0n) is 12.4. The maximum Gasteiger partial charge on any atom is 0.225 e. The average molecular weight is 286 g/mol. The molecule has 1 fully saturated rings. The van der Waals surface area contributed by atoms with Gasteiger partial charge in [-0.2, -0.15) is 5.26 Å². The van der Waals surface area contributed by atoms with Crippen molar-refractivity contribution in [3.05, 3.63) is 29.6 Å². The number of nitrogens with two attached hydrogens (primary N) is 1. The molecule has 1 aliphatic carbocycles. The maximum absolute atomic E-state index is 12.3. The van der Waals surface area contributed by atoms with Gasteiger partial charge in [-0.05, 0) is 37.5 Å². The lowest BCUT2D eigenvalue weighted by Gasteiger charge is -2.28. The SMILES string of the molecule is Cc1cc(CC(C#N)NC(=O)[C@@H]2CCCC[C@@H]2N)ccn1. The number of hydrogen-bond acceptors (Lipinski definition) is 4. The Labute approximate surface area is 125 Å². The number of aryl methyl sites for hydroxylation is 1. The lowest BCUT2D eigenvalue weighted by Crippen LogP contribution is -2.47. The van der Waals surface area contributed by atoms with Crippen LogP contribution in [0.15, 0.2) is 18.3 Å². The van der Waals surface area contributed by atoms with Crippen molar-refractivity contribution in [2.45, 2.75) is 51.1 Å². The fraction of sp³-hybridized carbons (Fsp3) is 0.562. The van der Waals surface area contributed by atoms with Gasteiger partial charge < -0.3 is 11.1 Å². The largest absolute Gasteiger partial charge is 0.340 e. The molecular formula is C16H22N4O. The first kappa shape index (κ1) is 15.5. The van der Waals surface area contributed by atoms with Crippen LogP contribution < -0.4 is 11.1 Å². The molecule has 1 saturated carbocycles. The molecule has 21 heavy (non-hydrogen) atoms. The topological polar surface area (TPSA) is 91.8 Å². The number of hydrogen-bond donors (Lipinski definition) is 2. The van der Waals surface area contributed by atoms with Crippen LogP contribution in [0.25, 0.3) is 0 Å². The second-order valence-corrected chi connectivity index (χ2v) is 5.75. The Morgan fingerprint density at radius 2 is 2.33 bits per heavy atom. The Balaban J connectivity index is 1.95. The molecule has 0 spiro atoms. The van der Waals surface area contributed by atoms with E-state index < -0.39 is 6.04 Å². The number of nitrogens with zero attached hydrogens (tertiary/aromatic N) is 2. The molecule has 3 N–H and O–H groups in total. The molecule has 0 bridgehead atoms. The molecular weight excluding hydrogens is 264 g/mol. The van der Waals surface area contributed by atoms with E-state index in [1.807, 2.05) is 19.1 Å². The van der Waals surface area contributed by atoms with Gasteiger partial charge in [-0.1, -0.05) is 12.8 Å². The maximum atomic E-state index is 12.3. The first-order valence-electron chi connectivity index (χ1n) is 7.47. The summed E-state index contributed by atoms with van der Waals surface area (Å²) < 4.78 is 0. The van der Waals surface area contributed by atoms with Crippen LogP contribution in [-0.4, -0.2) is 23.0 Å². The summed E-state index contributed by atoms with van der Waals surface area (Å²) in [6.07, 6.45) is 6.04. The Hall–Kier alpha value is -1.93. The first-order chi connectivity index (χ1) is 10.1. The number of rotatable bonds is 4. The monoisotopic (exact) mass is 286 g/mol. The average Bonchev–Trinajstić information content (AvgIpc) is 2.47. The number of carbonyl (C=O) groups excluding carboxylic acids is 1. The van der Waals surface area contributed by atoms with Crippen LogP contribution in [0.2, 0.25) is 0 Å². The zero-order chi connectivity index (χ0) is 15.2. The van der Waals surface area contributed by atoms with Gasteiger partial charge in [0.25, 0.3) is 0 Å². The van der Waals surface area contributed by atoms with E-state index in [2.05, 4.69) is 16.4 Å². The summed E-state index contributed by atoms with van der Waals surface area (Å²) in [5, 5.41) is 12.1. The van der Waals surface area contributed by atoms with E-state index in [9.17, 15) is 10.1 Å². The van der Waals surface area contributed by atoms with Crippen molar-refractivity contribution >= 4 is 5.91 Å². The Morgan fingerprint density at radius 3 is 3.00 bits per heavy atom. The molecule has 1 aromatic rings. The van der Waals surface area contributed by atoms with Gasteiger partial charge in [0.05, 0.1) is 12.0 Å². The van der Waals surface area contributed by atoms with Crippen molar-refractivity contribution in [2.24, 2.45) is 11.7 Å². The van der Waals surface area contributed by atoms with Crippen LogP contribution in [0.5, 0.6) is 0 Å². The molecule has 5 nitrogen and oxygen atoms in total. The summed E-state index contributed by atoms with van der Waals surface area (Å²) in [7, 11) is 0. The molecule has 1 aromatic heterocycles. The molecule has 1 amide bonds. The third kappa shape index (κ3) is 4.27. The predicted molar refractivity (Wildman–Crippen MR) is 80.2 cm³/mol. The van der Waals surface area contributed by atoms with E-state index >= 15 is 0 Å². The van der Waals surface area contributed by atoms with Crippen molar-refractivity contribution in [2.75, 3.05) is 0 Å². The third-order valence-electron chi connectivity index (χ3n) is 4.03. The normalized spacial score (nSPS) is 23.1. The molecule has 1 aliphatic rings. The minimum absolute atomic E-state index is 0.0822. The lowest BCUT2D eigenvalue weighted by molar-refractivity contribution is -0.126. The zero-order valence-corrected chi connectivity index (χ0v) is 12.4. The third-order valence-corrected chi connectivity index (χ3v) is 4.03. The molecule has 1 heterocycles. The standard InChI is InChI=1S/C16H22N4O/c1-11-8-12(6-7-19-11)9-13(10-17)20-16(21)14-4-2-3-5-15(14)18/h6-8,13-15H,2-5,9,18H2,1H3,(H,20,21)/t13?,14-,15+/m1/s1. The van der Waals surface area contributed by atoms with Crippen LogP contribution in [-0.2, 0) is 11.2 Å². The van der Waals surface area contributed by atoms with Crippen molar-refractivity contribution in [1.29, 1.82) is 5.26 Å². The predicted octanol–water partition coefficient (Wildman–Crippen LogP) is 1.46. The van der Waals surface area contributed by atoms with E-state index in [4.69, 9.17) is 5.73 Å². The fourth-order valence-corrected chi connectivity index (χ4v) is 2.86. The van der Waals surface area contributed by atoms with E-state index in [0.29, 0.717) is 6.42 Å². The molecule has 0 saturated heterocycles. The van der Waals surface area contributed by atoms with Crippen LogP contribution in [0.4, 0.5) is 0 Å². The van der Waals surface area contributed by atoms with Gasteiger partial charge in [-0.3, -0.25) is 9.78 Å². The van der Waals surface area contributed by atoms with E-state index in [-0.39, 0.29) is 17.9 Å². The molecule has 1 unspecified atom stereocenters. The van der Waals surface area contributed by atoms with Gasteiger partial charge in [-0.15, -0.1) is 0 Å². The summed E-state index contributed by atoms with van der Waals surface area (Å²) >= 11 is 0. The van der Waals surface area contributed by atoms with Crippen LogP contribution in [0.3, 0.4) is 0 Å². The number of pyridine rings is 1. The van der Waals surface area contributed by atoms with Gasteiger partial charge in [0.1, 0.15) is 6.04 Å². The van der Waals surface area contributed by atoms with Gasteiger partial charge in [-0.25, -0.2) is 0 Å². The number of amides is 1. The Bertz CT molecular complexity index is 537. The fourth-order valence-electron chi connectivity index (χ4n) is 2.86. The van der Waals surface area contributed by atoms with Gasteiger partial charge in [0.2, 0.25) is 5.91 Å². The Morgan fingerprint density at radius 1 is 1.57 bits per heavy atom. The molecule has 0 radical (unpaired) electrons. The summed E-state index contributed by atoms with van der Waals surface area (Å²) in [5.41, 5.74) is 7.93. The van der Waals surface area contributed by atoms with Crippen LogP contribution in [0, 0.1) is 24.2 Å². The highest BCUT2D eigenvalue weighted by Gasteiger charge is 2.29. The number of nitrogens with one attached hydrogen (secondary N) is 1. The lowest BCUT2D eigenvalue weighted by atomic mass is 9.84. The molecule has 2 rings (SSSR count). The highest BCUT2D eigenvalue weighted by Crippen LogP contribution is 2.23. The van der Waals surface area contributed by atoms with Crippen molar-refractivity contribution < 1.29 is 4.79 Å². The number of carbonyl (C=O) groups is 1. The van der Waals surface area contributed by atoms with Gasteiger partial charge >= 0.3 is 0 Å². The minimum atomic E-state index is -0.520. The summed E-state index contributed by atoms with van der Waals surface area (Å²) in [4.78, 5) is 16.4. The second kappa shape index (κ2) is 7.19. The van der Waals surface area contributed by atoms with E-state index in [0.717, 1.165) is 36.9 Å². The molecule has 3 atom stereocenters. The Kier molecular flexibility index (Phi) is 5.29. The van der Waals surface area contributed by atoms with Crippen LogP contribution in [0.1, 0.15) is 36.9 Å². The summed E-state index contributed by atoms with van der Waals surface area (Å²) in [6.45, 7) is 1.91. The van der Waals surface area contributed by atoms with E-state index in [1.165, 1.54) is 0 Å².